The standard InChI is InChI=1S/C32H36O8/c1-14-11-19(34)21-15(2)12-20(38-17(4)33)23-25(22(14)21)40-28(36)32(23)13-31-10-9-29(32,5)26(31)24-18(7-8-30(31,6)37)16(3)27(35)39-24/h9-11,18,20,22-26,37H,3,7-8,12-13H2,1-2,4-6H3/t18-,20?,22+,23-,24+,25-,26+,29?,30+,31?,32-/m1/s1. The summed E-state index contributed by atoms with van der Waals surface area (Å²) in [6.45, 7) is 13.0. The van der Waals surface area contributed by atoms with Gasteiger partial charge in [-0.1, -0.05) is 36.8 Å². The Labute approximate surface area is 233 Å². The Bertz CT molecular complexity index is 1410. The van der Waals surface area contributed by atoms with Crippen LogP contribution in [-0.2, 0) is 33.4 Å². The SMILES string of the molecule is C=C1C(=O)O[C@H]2[C@@H]1CC[C@](C)(O)C13C=CC(C)([C@H]21)[C@@]1(C3)C(=O)O[C@@H]2[C@H]3C(C)=CC(=O)C3=C(C)CC(OC(C)=O)[C@H]21. The van der Waals surface area contributed by atoms with Gasteiger partial charge in [-0.15, -0.1) is 0 Å². The van der Waals surface area contributed by atoms with Gasteiger partial charge >= 0.3 is 17.9 Å². The first kappa shape index (κ1) is 25.9. The Morgan fingerprint density at radius 1 is 1.12 bits per heavy atom. The highest BCUT2D eigenvalue weighted by Gasteiger charge is 2.84. The van der Waals surface area contributed by atoms with Crippen LogP contribution in [0.3, 0.4) is 0 Å². The third-order valence-electron chi connectivity index (χ3n) is 12.1. The Morgan fingerprint density at radius 3 is 2.55 bits per heavy atom. The van der Waals surface area contributed by atoms with Crippen LogP contribution in [0.2, 0.25) is 0 Å². The summed E-state index contributed by atoms with van der Waals surface area (Å²) in [5.41, 5.74) is -1.46. The number of ether oxygens (including phenoxy) is 3. The Morgan fingerprint density at radius 2 is 1.85 bits per heavy atom. The maximum Gasteiger partial charge on any atom is 0.334 e. The summed E-state index contributed by atoms with van der Waals surface area (Å²) in [5, 5.41) is 12.2. The molecule has 4 fully saturated rings. The van der Waals surface area contributed by atoms with Crippen molar-refractivity contribution in [2.24, 2.45) is 39.9 Å². The summed E-state index contributed by atoms with van der Waals surface area (Å²) in [6, 6.07) is 0. The molecule has 2 bridgehead atoms. The lowest BCUT2D eigenvalue weighted by atomic mass is 9.54. The van der Waals surface area contributed by atoms with Crippen molar-refractivity contribution in [2.45, 2.75) is 84.2 Å². The van der Waals surface area contributed by atoms with Gasteiger partial charge in [0.25, 0.3) is 0 Å². The molecule has 8 nitrogen and oxygen atoms in total. The minimum absolute atomic E-state index is 0.0934. The number of hydrogen-bond donors (Lipinski definition) is 1. The number of rotatable bonds is 1. The van der Waals surface area contributed by atoms with Gasteiger partial charge in [-0.2, -0.15) is 0 Å². The number of carbonyl (C=O) groups excluding carboxylic acids is 4. The van der Waals surface area contributed by atoms with Gasteiger partial charge in [0.2, 0.25) is 0 Å². The molecular weight excluding hydrogens is 512 g/mol. The van der Waals surface area contributed by atoms with Crippen molar-refractivity contribution in [3.8, 4) is 0 Å². The van der Waals surface area contributed by atoms with Crippen molar-refractivity contribution in [2.75, 3.05) is 0 Å². The summed E-state index contributed by atoms with van der Waals surface area (Å²) in [4.78, 5) is 52.9. The third kappa shape index (κ3) is 2.72. The van der Waals surface area contributed by atoms with Crippen LogP contribution >= 0.6 is 0 Å². The van der Waals surface area contributed by atoms with E-state index in [1.807, 2.05) is 39.8 Å². The minimum atomic E-state index is -1.20. The van der Waals surface area contributed by atoms with Gasteiger partial charge in [-0.05, 0) is 46.1 Å². The molecule has 0 aromatic rings. The highest BCUT2D eigenvalue weighted by Crippen LogP contribution is 2.80. The Kier molecular flexibility index (Phi) is 4.95. The van der Waals surface area contributed by atoms with Crippen LogP contribution < -0.4 is 0 Å². The highest BCUT2D eigenvalue weighted by molar-refractivity contribution is 6.09. The molecule has 2 aliphatic heterocycles. The number of hydrogen-bond acceptors (Lipinski definition) is 8. The van der Waals surface area contributed by atoms with Crippen LogP contribution in [0.4, 0.5) is 0 Å². The number of ketones is 1. The van der Waals surface area contributed by atoms with Crippen molar-refractivity contribution < 1.29 is 38.5 Å². The average Bonchev–Trinajstić information content (AvgIpc) is 3.53. The average molecular weight is 549 g/mol. The number of esters is 3. The first-order chi connectivity index (χ1) is 18.7. The van der Waals surface area contributed by atoms with Crippen molar-refractivity contribution >= 4 is 23.7 Å². The monoisotopic (exact) mass is 548 g/mol. The molecule has 0 aromatic heterocycles. The zero-order chi connectivity index (χ0) is 28.7. The Hall–Kier alpha value is -3.00. The molecule has 3 unspecified atom stereocenters. The van der Waals surface area contributed by atoms with Crippen LogP contribution in [0, 0.1) is 39.9 Å². The fourth-order valence-electron chi connectivity index (χ4n) is 10.4. The van der Waals surface area contributed by atoms with Crippen molar-refractivity contribution in [1.82, 2.24) is 0 Å². The summed E-state index contributed by atoms with van der Waals surface area (Å²) < 4.78 is 18.4. The molecule has 2 saturated heterocycles. The van der Waals surface area contributed by atoms with E-state index in [-0.39, 0.29) is 18.1 Å². The molecule has 8 heteroatoms. The second-order valence-electron chi connectivity index (χ2n) is 13.8. The van der Waals surface area contributed by atoms with Gasteiger partial charge < -0.3 is 19.3 Å². The molecule has 0 amide bonds. The first-order valence-corrected chi connectivity index (χ1v) is 14.3. The molecule has 2 saturated carbocycles. The van der Waals surface area contributed by atoms with Gasteiger partial charge in [0.1, 0.15) is 18.3 Å². The molecule has 7 rings (SSSR count). The number of fused-ring (bicyclic) bond motifs is 6. The van der Waals surface area contributed by atoms with Crippen molar-refractivity contribution in [1.29, 1.82) is 0 Å². The van der Waals surface area contributed by atoms with E-state index in [1.165, 1.54) is 6.92 Å². The fourth-order valence-corrected chi connectivity index (χ4v) is 10.4. The maximum atomic E-state index is 14.5. The fraction of sp³-hybridized carbons (Fsp3) is 0.625. The Balaban J connectivity index is 1.45. The van der Waals surface area contributed by atoms with Crippen molar-refractivity contribution in [3.63, 3.8) is 0 Å². The summed E-state index contributed by atoms with van der Waals surface area (Å²) >= 11 is 0. The number of aliphatic hydroxyl groups is 1. The molecule has 1 spiro atoms. The van der Waals surface area contributed by atoms with E-state index in [9.17, 15) is 24.3 Å². The van der Waals surface area contributed by atoms with Crippen LogP contribution in [0.5, 0.6) is 0 Å². The summed E-state index contributed by atoms with van der Waals surface area (Å²) in [5.74, 6) is -3.06. The van der Waals surface area contributed by atoms with Gasteiger partial charge in [0.05, 0.1) is 16.9 Å². The van der Waals surface area contributed by atoms with E-state index < -0.39 is 75.8 Å². The van der Waals surface area contributed by atoms with E-state index in [4.69, 9.17) is 14.2 Å². The lowest BCUT2D eigenvalue weighted by Gasteiger charge is -2.46. The minimum Gasteiger partial charge on any atom is -0.462 e. The molecule has 5 aliphatic carbocycles. The highest BCUT2D eigenvalue weighted by atomic mass is 16.6. The smallest absolute Gasteiger partial charge is 0.334 e. The molecule has 2 heterocycles. The van der Waals surface area contributed by atoms with Crippen molar-refractivity contribution in [3.05, 3.63) is 47.1 Å². The molecule has 1 N–H and O–H groups in total. The van der Waals surface area contributed by atoms with Crippen LogP contribution in [0.25, 0.3) is 0 Å². The van der Waals surface area contributed by atoms with E-state index in [2.05, 4.69) is 6.58 Å². The van der Waals surface area contributed by atoms with E-state index >= 15 is 0 Å². The molecule has 0 aromatic carbocycles. The quantitative estimate of drug-likeness (QED) is 0.229. The molecule has 40 heavy (non-hydrogen) atoms. The second-order valence-corrected chi connectivity index (χ2v) is 13.8. The molecule has 0 radical (unpaired) electrons. The van der Waals surface area contributed by atoms with Crippen LogP contribution in [-0.4, -0.2) is 52.7 Å². The molecular formula is C32H36O8. The van der Waals surface area contributed by atoms with Gasteiger partial charge in [-0.3, -0.25) is 14.4 Å². The zero-order valence-corrected chi connectivity index (χ0v) is 23.6. The van der Waals surface area contributed by atoms with Gasteiger partial charge in [0, 0.05) is 53.1 Å². The summed E-state index contributed by atoms with van der Waals surface area (Å²) in [6.07, 6.45) is 5.27. The summed E-state index contributed by atoms with van der Waals surface area (Å²) in [7, 11) is 0. The largest absolute Gasteiger partial charge is 0.462 e. The zero-order valence-electron chi connectivity index (χ0n) is 23.6. The van der Waals surface area contributed by atoms with Crippen LogP contribution in [0.1, 0.15) is 60.3 Å². The number of carbonyl (C=O) groups is 4. The van der Waals surface area contributed by atoms with Gasteiger partial charge in [0.15, 0.2) is 5.78 Å². The van der Waals surface area contributed by atoms with Crippen LogP contribution in [0.15, 0.2) is 47.1 Å². The predicted octanol–water partition coefficient (Wildman–Crippen LogP) is 3.54. The van der Waals surface area contributed by atoms with E-state index in [0.29, 0.717) is 30.4 Å². The number of allylic oxidation sites excluding steroid dienone is 2. The lowest BCUT2D eigenvalue weighted by Crippen LogP contribution is -2.53. The second kappa shape index (κ2) is 7.64. The first-order valence-electron chi connectivity index (χ1n) is 14.3. The maximum absolute atomic E-state index is 14.5. The van der Waals surface area contributed by atoms with E-state index in [1.54, 1.807) is 6.08 Å². The normalized spacial score (nSPS) is 50.1. The topological polar surface area (TPSA) is 116 Å². The van der Waals surface area contributed by atoms with Gasteiger partial charge in [-0.25, -0.2) is 4.79 Å². The molecule has 11 atom stereocenters. The molecule has 212 valence electrons. The lowest BCUT2D eigenvalue weighted by molar-refractivity contribution is -0.160. The third-order valence-corrected chi connectivity index (χ3v) is 12.1. The van der Waals surface area contributed by atoms with E-state index in [0.717, 1.165) is 11.1 Å². The molecule has 7 aliphatic rings. The predicted molar refractivity (Wildman–Crippen MR) is 141 cm³/mol.